The third kappa shape index (κ3) is 2.82. The van der Waals surface area contributed by atoms with Gasteiger partial charge in [0.1, 0.15) is 5.69 Å². The minimum atomic E-state index is -0.0102. The summed E-state index contributed by atoms with van der Waals surface area (Å²) in [6.45, 7) is 2.67. The molecular weight excluding hydrogens is 292 g/mol. The number of aromatic amines is 1. The number of rotatable bonds is 3. The molecule has 2 aromatic rings. The van der Waals surface area contributed by atoms with Gasteiger partial charge in [-0.1, -0.05) is 24.3 Å². The number of hydrogen-bond acceptors (Lipinski definition) is 1. The van der Waals surface area contributed by atoms with E-state index in [1.54, 1.807) is 17.2 Å². The predicted molar refractivity (Wildman–Crippen MR) is 75.5 cm³/mol. The van der Waals surface area contributed by atoms with Gasteiger partial charge in [-0.25, -0.2) is 0 Å². The van der Waals surface area contributed by atoms with Crippen LogP contribution >= 0.6 is 15.9 Å². The molecule has 3 nitrogen and oxygen atoms in total. The van der Waals surface area contributed by atoms with Gasteiger partial charge in [0, 0.05) is 24.3 Å². The average Bonchev–Trinajstić information content (AvgIpc) is 2.78. The minimum Gasteiger partial charge on any atom is -0.356 e. The number of carbonyl (C=O) groups excluding carboxylic acids is 1. The van der Waals surface area contributed by atoms with Crippen LogP contribution < -0.4 is 0 Å². The van der Waals surface area contributed by atoms with Crippen molar-refractivity contribution in [1.29, 1.82) is 0 Å². The highest BCUT2D eigenvalue weighted by Crippen LogP contribution is 2.14. The van der Waals surface area contributed by atoms with E-state index in [9.17, 15) is 4.79 Å². The number of nitrogens with one attached hydrogen (secondary N) is 1. The number of carbonyl (C=O) groups is 1. The van der Waals surface area contributed by atoms with Crippen molar-refractivity contribution in [2.45, 2.75) is 13.5 Å². The average molecular weight is 307 g/mol. The van der Waals surface area contributed by atoms with Gasteiger partial charge in [0.15, 0.2) is 0 Å². The molecule has 0 aliphatic carbocycles. The van der Waals surface area contributed by atoms with Crippen LogP contribution in [0.2, 0.25) is 0 Å². The zero-order chi connectivity index (χ0) is 13.1. The van der Waals surface area contributed by atoms with Gasteiger partial charge < -0.3 is 9.88 Å². The summed E-state index contributed by atoms with van der Waals surface area (Å²) >= 11 is 3.33. The molecule has 0 atom stereocenters. The molecule has 0 fully saturated rings. The van der Waals surface area contributed by atoms with Gasteiger partial charge in [-0.15, -0.1) is 0 Å². The van der Waals surface area contributed by atoms with E-state index >= 15 is 0 Å². The molecule has 0 saturated carbocycles. The molecule has 0 bridgehead atoms. The number of nitrogens with zero attached hydrogens (tertiary/aromatic N) is 1. The van der Waals surface area contributed by atoms with Crippen molar-refractivity contribution >= 4 is 21.8 Å². The van der Waals surface area contributed by atoms with Crippen molar-refractivity contribution < 1.29 is 4.79 Å². The second-order valence-electron chi connectivity index (χ2n) is 4.32. The van der Waals surface area contributed by atoms with Gasteiger partial charge in [-0.05, 0) is 40.0 Å². The molecule has 0 aliphatic heterocycles. The monoisotopic (exact) mass is 306 g/mol. The topological polar surface area (TPSA) is 36.1 Å². The van der Waals surface area contributed by atoms with E-state index in [1.165, 1.54) is 11.1 Å². The molecule has 1 heterocycles. The minimum absolute atomic E-state index is 0.0102. The second kappa shape index (κ2) is 5.40. The van der Waals surface area contributed by atoms with E-state index in [-0.39, 0.29) is 5.91 Å². The van der Waals surface area contributed by atoms with E-state index < -0.39 is 0 Å². The number of aromatic nitrogens is 1. The van der Waals surface area contributed by atoms with Crippen LogP contribution in [0.25, 0.3) is 0 Å². The van der Waals surface area contributed by atoms with Gasteiger partial charge in [-0.3, -0.25) is 4.79 Å². The normalized spacial score (nSPS) is 10.4. The maximum absolute atomic E-state index is 12.1. The summed E-state index contributed by atoms with van der Waals surface area (Å²) in [6.07, 6.45) is 1.76. The molecule has 1 aromatic carbocycles. The van der Waals surface area contributed by atoms with Crippen LogP contribution in [0.15, 0.2) is 41.0 Å². The van der Waals surface area contributed by atoms with Crippen LogP contribution in [-0.4, -0.2) is 22.8 Å². The summed E-state index contributed by atoms with van der Waals surface area (Å²) in [5.74, 6) is -0.0102. The molecular formula is C14H15BrN2O. The van der Waals surface area contributed by atoms with Crippen molar-refractivity contribution in [2.75, 3.05) is 7.05 Å². The van der Waals surface area contributed by atoms with Crippen molar-refractivity contribution in [1.82, 2.24) is 9.88 Å². The van der Waals surface area contributed by atoms with Crippen LogP contribution in [0.5, 0.6) is 0 Å². The Kier molecular flexibility index (Phi) is 3.87. The first-order valence-corrected chi connectivity index (χ1v) is 6.51. The smallest absolute Gasteiger partial charge is 0.270 e. The van der Waals surface area contributed by atoms with Crippen LogP contribution in [0, 0.1) is 6.92 Å². The second-order valence-corrected chi connectivity index (χ2v) is 5.23. The lowest BCUT2D eigenvalue weighted by molar-refractivity contribution is 0.0780. The number of halogens is 1. The molecule has 1 N–H and O–H groups in total. The third-order valence-electron chi connectivity index (χ3n) is 2.89. The molecule has 0 radical (unpaired) electrons. The van der Waals surface area contributed by atoms with Crippen molar-refractivity contribution in [2.24, 2.45) is 0 Å². The Morgan fingerprint density at radius 1 is 1.39 bits per heavy atom. The van der Waals surface area contributed by atoms with Crippen LogP contribution in [0.4, 0.5) is 0 Å². The highest BCUT2D eigenvalue weighted by atomic mass is 79.9. The van der Waals surface area contributed by atoms with Crippen molar-refractivity contribution in [3.63, 3.8) is 0 Å². The lowest BCUT2D eigenvalue weighted by Gasteiger charge is -2.17. The Morgan fingerprint density at radius 2 is 2.11 bits per heavy atom. The van der Waals surface area contributed by atoms with E-state index in [0.717, 1.165) is 4.47 Å². The molecule has 4 heteroatoms. The summed E-state index contributed by atoms with van der Waals surface area (Å²) in [5.41, 5.74) is 2.96. The molecule has 1 aromatic heterocycles. The number of hydrogen-bond donors (Lipinski definition) is 1. The predicted octanol–water partition coefficient (Wildman–Crippen LogP) is 3.36. The molecule has 0 aliphatic rings. The summed E-state index contributed by atoms with van der Waals surface area (Å²) < 4.78 is 0.884. The van der Waals surface area contributed by atoms with E-state index in [1.807, 2.05) is 25.2 Å². The van der Waals surface area contributed by atoms with Crippen LogP contribution in [0.3, 0.4) is 0 Å². The fourth-order valence-electron chi connectivity index (χ4n) is 1.81. The molecule has 0 unspecified atom stereocenters. The van der Waals surface area contributed by atoms with Gasteiger partial charge in [0.25, 0.3) is 5.91 Å². The zero-order valence-electron chi connectivity index (χ0n) is 10.4. The van der Waals surface area contributed by atoms with Gasteiger partial charge in [0.05, 0.1) is 0 Å². The van der Waals surface area contributed by atoms with Gasteiger partial charge >= 0.3 is 0 Å². The first-order valence-electron chi connectivity index (χ1n) is 5.72. The summed E-state index contributed by atoms with van der Waals surface area (Å²) in [7, 11) is 1.81. The fourth-order valence-corrected chi connectivity index (χ4v) is 2.16. The van der Waals surface area contributed by atoms with Gasteiger partial charge in [0.2, 0.25) is 0 Å². The number of benzene rings is 1. The molecule has 18 heavy (non-hydrogen) atoms. The number of aryl methyl sites for hydroxylation is 1. The summed E-state index contributed by atoms with van der Waals surface area (Å²) in [4.78, 5) is 16.8. The maximum atomic E-state index is 12.1. The largest absolute Gasteiger partial charge is 0.356 e. The number of H-pyrrole nitrogens is 1. The molecule has 0 saturated heterocycles. The molecule has 2 rings (SSSR count). The lowest BCUT2D eigenvalue weighted by Crippen LogP contribution is -2.26. The van der Waals surface area contributed by atoms with Crippen molar-refractivity contribution in [3.05, 3.63) is 57.8 Å². The highest BCUT2D eigenvalue weighted by Gasteiger charge is 2.14. The van der Waals surface area contributed by atoms with E-state index in [0.29, 0.717) is 12.2 Å². The Hall–Kier alpha value is -1.55. The Morgan fingerprint density at radius 3 is 2.72 bits per heavy atom. The molecule has 0 spiro atoms. The van der Waals surface area contributed by atoms with Crippen LogP contribution in [-0.2, 0) is 6.54 Å². The molecule has 94 valence electrons. The van der Waals surface area contributed by atoms with E-state index in [2.05, 4.69) is 33.9 Å². The quantitative estimate of drug-likeness (QED) is 0.927. The van der Waals surface area contributed by atoms with Crippen LogP contribution in [0.1, 0.15) is 21.6 Å². The fraction of sp³-hybridized carbons (Fsp3) is 0.214. The SMILES string of the molecule is Cc1ccccc1CN(C)C(=O)c1cc(Br)c[nH]1. The zero-order valence-corrected chi connectivity index (χ0v) is 12.0. The maximum Gasteiger partial charge on any atom is 0.270 e. The first-order chi connectivity index (χ1) is 8.58. The highest BCUT2D eigenvalue weighted by molar-refractivity contribution is 9.10. The Balaban J connectivity index is 2.11. The number of amides is 1. The molecule has 1 amide bonds. The third-order valence-corrected chi connectivity index (χ3v) is 3.35. The Labute approximate surface area is 115 Å². The Bertz CT molecular complexity index is 562. The first kappa shape index (κ1) is 12.9. The van der Waals surface area contributed by atoms with E-state index in [4.69, 9.17) is 0 Å². The summed E-state index contributed by atoms with van der Waals surface area (Å²) in [6, 6.07) is 9.88. The van der Waals surface area contributed by atoms with Gasteiger partial charge in [-0.2, -0.15) is 0 Å². The van der Waals surface area contributed by atoms with Crippen molar-refractivity contribution in [3.8, 4) is 0 Å². The lowest BCUT2D eigenvalue weighted by atomic mass is 10.1. The summed E-state index contributed by atoms with van der Waals surface area (Å²) in [5, 5.41) is 0. The standard InChI is InChI=1S/C14H15BrN2O/c1-10-5-3-4-6-11(10)9-17(2)14(18)13-7-12(15)8-16-13/h3-8,16H,9H2,1-2H3.